The third-order valence-corrected chi connectivity index (χ3v) is 3.13. The van der Waals surface area contributed by atoms with E-state index in [2.05, 4.69) is 4.98 Å². The lowest BCUT2D eigenvalue weighted by atomic mass is 9.80. The van der Waals surface area contributed by atoms with Crippen LogP contribution in [0, 0.1) is 6.92 Å². The number of aryl methyl sites for hydroxylation is 1. The van der Waals surface area contributed by atoms with E-state index in [4.69, 9.17) is 0 Å². The quantitative estimate of drug-likeness (QED) is 0.740. The lowest BCUT2D eigenvalue weighted by Crippen LogP contribution is -2.28. The fourth-order valence-electron chi connectivity index (χ4n) is 2.17. The van der Waals surface area contributed by atoms with Crippen LogP contribution >= 0.6 is 0 Å². The van der Waals surface area contributed by atoms with Crippen molar-refractivity contribution < 1.29 is 5.11 Å². The second kappa shape index (κ2) is 3.70. The molecule has 1 fully saturated rings. The van der Waals surface area contributed by atoms with Gasteiger partial charge in [0.2, 0.25) is 0 Å². The minimum atomic E-state index is -0.598. The number of rotatable bonds is 1. The first-order chi connectivity index (χ1) is 6.71. The lowest BCUT2D eigenvalue weighted by Gasteiger charge is -2.32. The molecule has 0 aromatic carbocycles. The van der Waals surface area contributed by atoms with Gasteiger partial charge in [0, 0.05) is 17.5 Å². The lowest BCUT2D eigenvalue weighted by molar-refractivity contribution is -0.000937. The Bertz CT molecular complexity index is 299. The van der Waals surface area contributed by atoms with Crippen molar-refractivity contribution in [2.75, 3.05) is 0 Å². The van der Waals surface area contributed by atoms with Gasteiger partial charge in [-0.25, -0.2) is 0 Å². The number of aromatic nitrogens is 1. The van der Waals surface area contributed by atoms with Gasteiger partial charge >= 0.3 is 0 Å². The van der Waals surface area contributed by atoms with Gasteiger partial charge in [-0.2, -0.15) is 0 Å². The van der Waals surface area contributed by atoms with Crippen molar-refractivity contribution in [1.29, 1.82) is 0 Å². The Balaban J connectivity index is 2.23. The van der Waals surface area contributed by atoms with Crippen LogP contribution in [0.5, 0.6) is 0 Å². The Kier molecular flexibility index (Phi) is 2.55. The first-order valence-corrected chi connectivity index (χ1v) is 5.36. The first-order valence-electron chi connectivity index (χ1n) is 5.36. The molecule has 1 aliphatic rings. The molecule has 2 rings (SSSR count). The highest BCUT2D eigenvalue weighted by Crippen LogP contribution is 2.36. The molecule has 0 saturated heterocycles. The molecule has 1 heterocycles. The summed E-state index contributed by atoms with van der Waals surface area (Å²) >= 11 is 0. The van der Waals surface area contributed by atoms with Crippen molar-refractivity contribution in [3.8, 4) is 0 Å². The van der Waals surface area contributed by atoms with Gasteiger partial charge in [-0.05, 0) is 25.8 Å². The minimum absolute atomic E-state index is 0.598. The second-order valence-electron chi connectivity index (χ2n) is 4.28. The third kappa shape index (κ3) is 1.80. The standard InChI is InChI=1S/C12H17NO/c1-10-5-6-11(9-13-10)12(14)7-3-2-4-8-12/h5-6,9,14H,2-4,7-8H2,1H3. The van der Waals surface area contributed by atoms with E-state index in [1.165, 1.54) is 6.42 Å². The highest BCUT2D eigenvalue weighted by molar-refractivity contribution is 5.20. The van der Waals surface area contributed by atoms with Gasteiger partial charge < -0.3 is 5.11 Å². The Morgan fingerprint density at radius 1 is 1.21 bits per heavy atom. The van der Waals surface area contributed by atoms with Crippen LogP contribution in [-0.4, -0.2) is 10.1 Å². The second-order valence-corrected chi connectivity index (χ2v) is 4.28. The molecule has 1 aliphatic carbocycles. The zero-order valence-corrected chi connectivity index (χ0v) is 8.66. The maximum absolute atomic E-state index is 10.4. The van der Waals surface area contributed by atoms with E-state index >= 15 is 0 Å². The maximum Gasteiger partial charge on any atom is 0.0911 e. The van der Waals surface area contributed by atoms with Crippen molar-refractivity contribution in [3.05, 3.63) is 29.6 Å². The summed E-state index contributed by atoms with van der Waals surface area (Å²) in [4.78, 5) is 4.24. The molecule has 1 aromatic rings. The fraction of sp³-hybridized carbons (Fsp3) is 0.583. The Morgan fingerprint density at radius 3 is 2.50 bits per heavy atom. The third-order valence-electron chi connectivity index (χ3n) is 3.13. The average Bonchev–Trinajstić information content (AvgIpc) is 2.19. The molecule has 0 unspecified atom stereocenters. The van der Waals surface area contributed by atoms with Crippen molar-refractivity contribution in [2.24, 2.45) is 0 Å². The summed E-state index contributed by atoms with van der Waals surface area (Å²) in [5.41, 5.74) is 1.40. The molecule has 2 nitrogen and oxygen atoms in total. The van der Waals surface area contributed by atoms with E-state index in [1.54, 1.807) is 0 Å². The summed E-state index contributed by atoms with van der Waals surface area (Å²) in [5.74, 6) is 0. The van der Waals surface area contributed by atoms with E-state index < -0.39 is 5.60 Å². The van der Waals surface area contributed by atoms with Crippen LogP contribution in [-0.2, 0) is 5.60 Å². The monoisotopic (exact) mass is 191 g/mol. The molecule has 76 valence electrons. The zero-order chi connectivity index (χ0) is 10.0. The van der Waals surface area contributed by atoms with Crippen LogP contribution in [0.2, 0.25) is 0 Å². The van der Waals surface area contributed by atoms with Crippen LogP contribution in [0.15, 0.2) is 18.3 Å². The molecule has 1 saturated carbocycles. The van der Waals surface area contributed by atoms with Crippen molar-refractivity contribution in [3.63, 3.8) is 0 Å². The summed E-state index contributed by atoms with van der Waals surface area (Å²) in [7, 11) is 0. The van der Waals surface area contributed by atoms with Crippen LogP contribution in [0.25, 0.3) is 0 Å². The molecule has 0 radical (unpaired) electrons. The van der Waals surface area contributed by atoms with Crippen molar-refractivity contribution in [1.82, 2.24) is 4.98 Å². The molecule has 0 atom stereocenters. The predicted octanol–water partition coefficient (Wildman–Crippen LogP) is 2.54. The van der Waals surface area contributed by atoms with Crippen molar-refractivity contribution >= 4 is 0 Å². The molecule has 1 N–H and O–H groups in total. The topological polar surface area (TPSA) is 33.1 Å². The summed E-state index contributed by atoms with van der Waals surface area (Å²) < 4.78 is 0. The van der Waals surface area contributed by atoms with Gasteiger partial charge in [-0.3, -0.25) is 4.98 Å². The number of hydrogen-bond donors (Lipinski definition) is 1. The van der Waals surface area contributed by atoms with E-state index in [0.717, 1.165) is 36.9 Å². The Labute approximate surface area is 85.0 Å². The Morgan fingerprint density at radius 2 is 1.93 bits per heavy atom. The van der Waals surface area contributed by atoms with Crippen LogP contribution < -0.4 is 0 Å². The predicted molar refractivity (Wildman–Crippen MR) is 56.0 cm³/mol. The van der Waals surface area contributed by atoms with Gasteiger partial charge in [-0.1, -0.05) is 25.3 Å². The van der Waals surface area contributed by atoms with Crippen LogP contribution in [0.4, 0.5) is 0 Å². The van der Waals surface area contributed by atoms with Gasteiger partial charge in [-0.15, -0.1) is 0 Å². The fourth-order valence-corrected chi connectivity index (χ4v) is 2.17. The molecule has 1 aromatic heterocycles. The SMILES string of the molecule is Cc1ccc(C2(O)CCCCC2)cn1. The molecule has 0 spiro atoms. The summed E-state index contributed by atoms with van der Waals surface area (Å²) in [6, 6.07) is 3.98. The Hall–Kier alpha value is -0.890. The van der Waals surface area contributed by atoms with Gasteiger partial charge in [0.1, 0.15) is 0 Å². The largest absolute Gasteiger partial charge is 0.385 e. The van der Waals surface area contributed by atoms with Crippen molar-refractivity contribution in [2.45, 2.75) is 44.6 Å². The normalized spacial score (nSPS) is 20.7. The number of nitrogens with zero attached hydrogens (tertiary/aromatic N) is 1. The average molecular weight is 191 g/mol. The summed E-state index contributed by atoms with van der Waals surface area (Å²) in [5, 5.41) is 10.4. The summed E-state index contributed by atoms with van der Waals surface area (Å²) in [6.07, 6.45) is 7.10. The first kappa shape index (κ1) is 9.66. The van der Waals surface area contributed by atoms with Gasteiger partial charge in [0.05, 0.1) is 5.60 Å². The van der Waals surface area contributed by atoms with Gasteiger partial charge in [0.15, 0.2) is 0 Å². The highest BCUT2D eigenvalue weighted by atomic mass is 16.3. The number of pyridine rings is 1. The minimum Gasteiger partial charge on any atom is -0.385 e. The number of aliphatic hydroxyl groups is 1. The number of hydrogen-bond acceptors (Lipinski definition) is 2. The molecular formula is C12H17NO. The molecular weight excluding hydrogens is 174 g/mol. The van der Waals surface area contributed by atoms with E-state index in [1.807, 2.05) is 25.3 Å². The highest BCUT2D eigenvalue weighted by Gasteiger charge is 2.31. The molecule has 14 heavy (non-hydrogen) atoms. The molecule has 0 aliphatic heterocycles. The summed E-state index contributed by atoms with van der Waals surface area (Å²) in [6.45, 7) is 1.97. The van der Waals surface area contributed by atoms with Crippen LogP contribution in [0.3, 0.4) is 0 Å². The molecule has 2 heteroatoms. The zero-order valence-electron chi connectivity index (χ0n) is 8.66. The van der Waals surface area contributed by atoms with E-state index in [9.17, 15) is 5.11 Å². The van der Waals surface area contributed by atoms with Gasteiger partial charge in [0.25, 0.3) is 0 Å². The smallest absolute Gasteiger partial charge is 0.0911 e. The van der Waals surface area contributed by atoms with E-state index in [0.29, 0.717) is 0 Å². The molecule has 0 amide bonds. The van der Waals surface area contributed by atoms with E-state index in [-0.39, 0.29) is 0 Å². The maximum atomic E-state index is 10.4. The van der Waals surface area contributed by atoms with Crippen LogP contribution in [0.1, 0.15) is 43.4 Å². The molecule has 0 bridgehead atoms.